The zero-order chi connectivity index (χ0) is 19.4. The Kier molecular flexibility index (Phi) is 3.61. The van der Waals surface area contributed by atoms with Crippen LogP contribution in [0.5, 0.6) is 5.75 Å². The Morgan fingerprint density at radius 3 is 2.89 bits per heavy atom. The third kappa shape index (κ3) is 2.52. The van der Waals surface area contributed by atoms with E-state index in [4.69, 9.17) is 4.74 Å². The van der Waals surface area contributed by atoms with Gasteiger partial charge in [0.2, 0.25) is 5.91 Å². The number of ether oxygens (including phenoxy) is 1. The van der Waals surface area contributed by atoms with Gasteiger partial charge in [-0.2, -0.15) is 5.10 Å². The fraction of sp³-hybridized carbons (Fsp3) is 0.250. The predicted molar refractivity (Wildman–Crippen MR) is 104 cm³/mol. The molecular formula is C20H18FN5O2. The number of amides is 1. The first-order valence-electron chi connectivity index (χ1n) is 8.97. The molecule has 3 aromatic heterocycles. The molecule has 0 aliphatic heterocycles. The highest BCUT2D eigenvalue weighted by Crippen LogP contribution is 2.38. The number of rotatable bonds is 4. The summed E-state index contributed by atoms with van der Waals surface area (Å²) in [6, 6.07) is 7.80. The average molecular weight is 379 g/mol. The molecule has 8 heteroatoms. The summed E-state index contributed by atoms with van der Waals surface area (Å²) in [5, 5.41) is 11.7. The van der Waals surface area contributed by atoms with Crippen molar-refractivity contribution in [2.75, 3.05) is 12.4 Å². The van der Waals surface area contributed by atoms with E-state index in [1.54, 1.807) is 25.6 Å². The number of fused-ring (bicyclic) bond motifs is 2. The van der Waals surface area contributed by atoms with Gasteiger partial charge in [0, 0.05) is 23.4 Å². The summed E-state index contributed by atoms with van der Waals surface area (Å²) in [4.78, 5) is 16.3. The van der Waals surface area contributed by atoms with Gasteiger partial charge in [-0.3, -0.25) is 9.89 Å². The Balaban J connectivity index is 1.57. The van der Waals surface area contributed by atoms with Gasteiger partial charge in [-0.1, -0.05) is 6.07 Å². The van der Waals surface area contributed by atoms with Gasteiger partial charge in [0.05, 0.1) is 36.6 Å². The second-order valence-corrected chi connectivity index (χ2v) is 7.04. The smallest absolute Gasteiger partial charge is 0.231 e. The molecule has 2 unspecified atom stereocenters. The van der Waals surface area contributed by atoms with E-state index in [0.717, 1.165) is 33.1 Å². The Labute approximate surface area is 159 Å². The molecule has 0 spiro atoms. The number of carbonyl (C=O) groups is 1. The first kappa shape index (κ1) is 16.7. The molecule has 1 aliphatic carbocycles. The van der Waals surface area contributed by atoms with Gasteiger partial charge in [0.15, 0.2) is 5.75 Å². The van der Waals surface area contributed by atoms with Crippen LogP contribution >= 0.6 is 0 Å². The maximum atomic E-state index is 13.1. The Morgan fingerprint density at radius 1 is 1.32 bits per heavy atom. The third-order valence-corrected chi connectivity index (χ3v) is 5.28. The topological polar surface area (TPSA) is 84.8 Å². The lowest BCUT2D eigenvalue weighted by molar-refractivity contribution is -0.117. The minimum Gasteiger partial charge on any atom is -0.494 e. The number of H-pyrrole nitrogens is 1. The van der Waals surface area contributed by atoms with Crippen LogP contribution in [-0.2, 0) is 11.8 Å². The van der Waals surface area contributed by atoms with E-state index in [-0.39, 0.29) is 5.91 Å². The van der Waals surface area contributed by atoms with Crippen LogP contribution in [0.25, 0.3) is 33.1 Å². The summed E-state index contributed by atoms with van der Waals surface area (Å²) in [5.74, 6) is 0.269. The van der Waals surface area contributed by atoms with Crippen molar-refractivity contribution < 1.29 is 13.9 Å². The molecule has 0 saturated heterocycles. The maximum Gasteiger partial charge on any atom is 0.231 e. The first-order chi connectivity index (χ1) is 13.6. The number of hydrogen-bond donors (Lipinski definition) is 2. The lowest BCUT2D eigenvalue weighted by atomic mass is 10.1. The van der Waals surface area contributed by atoms with Crippen molar-refractivity contribution in [3.63, 3.8) is 0 Å². The van der Waals surface area contributed by atoms with Gasteiger partial charge in [0.25, 0.3) is 0 Å². The molecule has 28 heavy (non-hydrogen) atoms. The van der Waals surface area contributed by atoms with Gasteiger partial charge in [-0.25, -0.2) is 9.37 Å². The maximum absolute atomic E-state index is 13.1. The van der Waals surface area contributed by atoms with E-state index < -0.39 is 12.1 Å². The van der Waals surface area contributed by atoms with Crippen molar-refractivity contribution in [3.05, 3.63) is 36.7 Å². The van der Waals surface area contributed by atoms with E-state index in [0.29, 0.717) is 18.0 Å². The van der Waals surface area contributed by atoms with Crippen LogP contribution in [0.3, 0.4) is 0 Å². The van der Waals surface area contributed by atoms with Crippen molar-refractivity contribution in [1.29, 1.82) is 0 Å². The molecule has 1 amide bonds. The van der Waals surface area contributed by atoms with Crippen LogP contribution in [-0.4, -0.2) is 38.9 Å². The number of alkyl halides is 1. The Hall–Kier alpha value is -3.42. The second-order valence-electron chi connectivity index (χ2n) is 7.04. The number of benzene rings is 1. The molecule has 1 fully saturated rings. The SMILES string of the molecule is COc1c(-c2cc3cc(NC(=O)C4CC4F)ncc3n2C)ccc2cn[nH]c12. The number of hydrogen-bond acceptors (Lipinski definition) is 4. The quantitative estimate of drug-likeness (QED) is 0.569. The van der Waals surface area contributed by atoms with Crippen LogP contribution in [0.1, 0.15) is 6.42 Å². The highest BCUT2D eigenvalue weighted by atomic mass is 19.1. The molecule has 3 heterocycles. The number of carbonyl (C=O) groups excluding carboxylic acids is 1. The number of aromatic amines is 1. The largest absolute Gasteiger partial charge is 0.494 e. The van der Waals surface area contributed by atoms with Crippen LogP contribution < -0.4 is 10.1 Å². The van der Waals surface area contributed by atoms with Crippen molar-refractivity contribution in [2.45, 2.75) is 12.6 Å². The summed E-state index contributed by atoms with van der Waals surface area (Å²) >= 11 is 0. The van der Waals surface area contributed by atoms with Crippen molar-refractivity contribution in [3.8, 4) is 17.0 Å². The summed E-state index contributed by atoms with van der Waals surface area (Å²) < 4.78 is 20.8. The molecule has 1 aromatic carbocycles. The first-order valence-corrected chi connectivity index (χ1v) is 8.97. The Bertz CT molecular complexity index is 1230. The number of nitrogens with zero attached hydrogens (tertiary/aromatic N) is 3. The van der Waals surface area contributed by atoms with Crippen LogP contribution in [0.15, 0.2) is 36.7 Å². The Morgan fingerprint density at radius 2 is 2.14 bits per heavy atom. The van der Waals surface area contributed by atoms with Gasteiger partial charge < -0.3 is 14.6 Å². The molecule has 2 N–H and O–H groups in total. The predicted octanol–water partition coefficient (Wildman–Crippen LogP) is 3.42. The lowest BCUT2D eigenvalue weighted by Gasteiger charge is -2.10. The molecule has 0 radical (unpaired) electrons. The van der Waals surface area contributed by atoms with Gasteiger partial charge in [0.1, 0.15) is 17.5 Å². The number of methoxy groups -OCH3 is 1. The summed E-state index contributed by atoms with van der Waals surface area (Å²) in [7, 11) is 3.58. The fourth-order valence-electron chi connectivity index (χ4n) is 3.62. The number of halogens is 1. The number of aromatic nitrogens is 4. The van der Waals surface area contributed by atoms with E-state index in [9.17, 15) is 9.18 Å². The van der Waals surface area contributed by atoms with Crippen LogP contribution in [0, 0.1) is 5.92 Å². The monoisotopic (exact) mass is 379 g/mol. The normalized spacial score (nSPS) is 18.5. The van der Waals surface area contributed by atoms with E-state index in [1.165, 1.54) is 0 Å². The summed E-state index contributed by atoms with van der Waals surface area (Å²) in [5.41, 5.74) is 3.61. The minimum atomic E-state index is -1.03. The van der Waals surface area contributed by atoms with E-state index in [2.05, 4.69) is 20.5 Å². The van der Waals surface area contributed by atoms with E-state index >= 15 is 0 Å². The van der Waals surface area contributed by atoms with Gasteiger partial charge in [-0.15, -0.1) is 0 Å². The molecule has 0 bridgehead atoms. The molecule has 142 valence electrons. The zero-order valence-corrected chi connectivity index (χ0v) is 15.4. The average Bonchev–Trinajstić information content (AvgIpc) is 3.10. The highest BCUT2D eigenvalue weighted by Gasteiger charge is 2.43. The standard InChI is InChI=1S/C20H18FN5O2/c1-26-15(12-4-3-10-8-23-25-18(10)19(12)28-2)5-11-6-17(22-9-16(11)26)24-20(27)13-7-14(13)21/h3-6,8-9,13-14H,7H2,1-2H3,(H,23,25)(H,22,24,27). The molecule has 1 saturated carbocycles. The zero-order valence-electron chi connectivity index (χ0n) is 15.4. The molecular weight excluding hydrogens is 361 g/mol. The van der Waals surface area contributed by atoms with Gasteiger partial charge in [-0.05, 0) is 24.6 Å². The molecule has 7 nitrogen and oxygen atoms in total. The van der Waals surface area contributed by atoms with Crippen molar-refractivity contribution >= 4 is 33.5 Å². The molecule has 4 aromatic rings. The molecule has 1 aliphatic rings. The lowest BCUT2D eigenvalue weighted by Crippen LogP contribution is -2.15. The number of nitrogens with one attached hydrogen (secondary N) is 2. The number of pyridine rings is 1. The van der Waals surface area contributed by atoms with Crippen molar-refractivity contribution in [1.82, 2.24) is 19.7 Å². The van der Waals surface area contributed by atoms with Crippen molar-refractivity contribution in [2.24, 2.45) is 13.0 Å². The summed E-state index contributed by atoms with van der Waals surface area (Å²) in [6.45, 7) is 0. The highest BCUT2D eigenvalue weighted by molar-refractivity contribution is 5.98. The fourth-order valence-corrected chi connectivity index (χ4v) is 3.62. The molecule has 2 atom stereocenters. The van der Waals surface area contributed by atoms with Crippen LogP contribution in [0.2, 0.25) is 0 Å². The third-order valence-electron chi connectivity index (χ3n) is 5.28. The van der Waals surface area contributed by atoms with Gasteiger partial charge >= 0.3 is 0 Å². The molecule has 5 rings (SSSR count). The van der Waals surface area contributed by atoms with E-state index in [1.807, 2.05) is 29.8 Å². The minimum absolute atomic E-state index is 0.291. The second kappa shape index (κ2) is 6.05. The number of anilines is 1. The van der Waals surface area contributed by atoms with Crippen LogP contribution in [0.4, 0.5) is 10.2 Å². The number of aryl methyl sites for hydroxylation is 1. The summed E-state index contributed by atoms with van der Waals surface area (Å²) in [6.07, 6.45) is 2.72.